The predicted molar refractivity (Wildman–Crippen MR) is 259 cm³/mol. The molecule has 0 spiro atoms. The summed E-state index contributed by atoms with van der Waals surface area (Å²) in [5.74, 6) is 0. The molecule has 4 heterocycles. The molecule has 0 aliphatic heterocycles. The maximum absolute atomic E-state index is 7.39. The molecule has 0 N–H and O–H groups in total. The third kappa shape index (κ3) is 15.2. The molecular weight excluding hydrogens is 1150 g/mol. The monoisotopic (exact) mass is 1210 g/mol. The van der Waals surface area contributed by atoms with Crippen LogP contribution >= 0.6 is 0 Å². The van der Waals surface area contributed by atoms with Gasteiger partial charge >= 0.3 is 0 Å². The van der Waals surface area contributed by atoms with Gasteiger partial charge in [0.05, 0.1) is 0 Å². The number of aromatic nitrogens is 4. The first-order chi connectivity index (χ1) is 34.6. The average molecular weight is 1200 g/mol. The van der Waals surface area contributed by atoms with Gasteiger partial charge in [-0.15, -0.1) is 144 Å². The average Bonchev–Trinajstić information content (AvgIpc) is 3.42. The van der Waals surface area contributed by atoms with Gasteiger partial charge in [0.25, 0.3) is 0 Å². The van der Waals surface area contributed by atoms with Crippen LogP contribution in [0.1, 0.15) is 29.0 Å². The second-order valence-corrected chi connectivity index (χ2v) is 13.8. The van der Waals surface area contributed by atoms with Gasteiger partial charge < -0.3 is 19.9 Å². The number of pyridine rings is 4. The van der Waals surface area contributed by atoms with Crippen molar-refractivity contribution in [3.05, 3.63) is 266 Å². The van der Waals surface area contributed by atoms with E-state index in [4.69, 9.17) is 12.3 Å². The van der Waals surface area contributed by atoms with E-state index in [1.165, 1.54) is 18.0 Å². The topological polar surface area (TPSA) is 51.6 Å². The molecule has 0 saturated heterocycles. The summed E-state index contributed by atoms with van der Waals surface area (Å²) in [7, 11) is 0. The molecule has 0 aliphatic carbocycles. The van der Waals surface area contributed by atoms with Crippen molar-refractivity contribution in [2.75, 3.05) is 0 Å². The molecule has 0 saturated carbocycles. The normalized spacial score (nSPS) is 12.5. The van der Waals surface area contributed by atoms with Crippen molar-refractivity contribution in [2.24, 2.45) is 0 Å². The van der Waals surface area contributed by atoms with E-state index < -0.39 is 20.6 Å². The van der Waals surface area contributed by atoms with Crippen LogP contribution in [-0.4, -0.2) is 19.9 Å². The summed E-state index contributed by atoms with van der Waals surface area (Å²) in [5.41, 5.74) is 12.1. The summed E-state index contributed by atoms with van der Waals surface area (Å²) >= 11 is 0. The SMILES string of the molecule is [2H]C([2H])([2H])c1ccc(-c2[c-]cccc2)nc1.[2H]C([2H])([2H])c1ccc(-c2[c-]cccc2)nc1.[2H]C([2H])([2H])c1ccc(-c2ccc(-c3[c-]cccc3)nc2)cc1.[Ir].[Ir].[c-]1ccccc1-c1ccc(-c2ccccc2)cn1. The van der Waals surface area contributed by atoms with E-state index >= 15 is 0 Å². The van der Waals surface area contributed by atoms with E-state index in [0.29, 0.717) is 5.56 Å². The van der Waals surface area contributed by atoms with Crippen LogP contribution in [0, 0.1) is 44.8 Å². The molecule has 0 fully saturated rings. The quantitative estimate of drug-likeness (QED) is 0.156. The zero-order valence-electron chi connectivity index (χ0n) is 43.8. The van der Waals surface area contributed by atoms with Gasteiger partial charge in [-0.3, -0.25) is 0 Å². The molecule has 6 aromatic carbocycles. The van der Waals surface area contributed by atoms with Crippen LogP contribution in [0.15, 0.2) is 225 Å². The van der Waals surface area contributed by atoms with E-state index in [0.717, 1.165) is 61.7 Å². The molecule has 4 aromatic heterocycles. The van der Waals surface area contributed by atoms with Crippen LogP contribution in [-0.2, 0) is 40.2 Å². The van der Waals surface area contributed by atoms with E-state index in [9.17, 15) is 0 Å². The minimum atomic E-state index is -2.09. The Kier molecular flexibility index (Phi) is 15.1. The van der Waals surface area contributed by atoms with E-state index in [1.54, 1.807) is 54.7 Å². The molecule has 10 rings (SSSR count). The van der Waals surface area contributed by atoms with Crippen LogP contribution < -0.4 is 0 Å². The van der Waals surface area contributed by atoms with Gasteiger partial charge in [0, 0.05) is 77.3 Å². The summed E-state index contributed by atoms with van der Waals surface area (Å²) in [6.45, 7) is -6.25. The third-order valence-electron chi connectivity index (χ3n) is 9.32. The van der Waals surface area contributed by atoms with Crippen molar-refractivity contribution in [1.29, 1.82) is 0 Å². The van der Waals surface area contributed by atoms with Gasteiger partial charge in [-0.1, -0.05) is 109 Å². The smallest absolute Gasteiger partial charge is 0.0280 e. The van der Waals surface area contributed by atoms with Crippen LogP contribution in [0.3, 0.4) is 0 Å². The number of aryl methyl sites for hydroxylation is 3. The summed E-state index contributed by atoms with van der Waals surface area (Å²) in [6, 6.07) is 74.7. The van der Waals surface area contributed by atoms with Crippen molar-refractivity contribution < 1.29 is 52.5 Å². The Labute approximate surface area is 424 Å². The molecule has 6 heteroatoms. The first kappa shape index (κ1) is 37.6. The minimum absolute atomic E-state index is 0. The van der Waals surface area contributed by atoms with E-state index in [1.807, 2.05) is 140 Å². The van der Waals surface area contributed by atoms with Gasteiger partial charge in [-0.05, 0) is 76.7 Å². The second-order valence-electron chi connectivity index (χ2n) is 13.8. The zero-order valence-corrected chi connectivity index (χ0v) is 39.6. The zero-order chi connectivity index (χ0) is 51.0. The van der Waals surface area contributed by atoms with Crippen molar-refractivity contribution in [2.45, 2.75) is 20.6 Å². The molecule has 4 nitrogen and oxygen atoms in total. The summed E-state index contributed by atoms with van der Waals surface area (Å²) in [5, 5.41) is 0. The van der Waals surface area contributed by atoms with Gasteiger partial charge in [0.15, 0.2) is 0 Å². The Bertz CT molecular complexity index is 3020. The summed E-state index contributed by atoms with van der Waals surface area (Å²) in [4.78, 5) is 17.2. The molecule has 0 unspecified atom stereocenters. The van der Waals surface area contributed by atoms with Gasteiger partial charge in [0.1, 0.15) is 0 Å². The third-order valence-corrected chi connectivity index (χ3v) is 9.32. The van der Waals surface area contributed by atoms with E-state index in [2.05, 4.69) is 62.4 Å². The number of hydrogen-bond acceptors (Lipinski definition) is 4. The summed E-state index contributed by atoms with van der Waals surface area (Å²) in [6.07, 6.45) is 6.48. The Balaban J connectivity index is 0.000000183. The summed E-state index contributed by atoms with van der Waals surface area (Å²) < 4.78 is 65.6. The Hall–Kier alpha value is -6.78. The van der Waals surface area contributed by atoms with Crippen molar-refractivity contribution in [1.82, 2.24) is 19.9 Å². The number of rotatable bonds is 6. The number of hydrogen-bond donors (Lipinski definition) is 0. The molecule has 2 radical (unpaired) electrons. The van der Waals surface area contributed by atoms with Crippen molar-refractivity contribution >= 4 is 0 Å². The molecular formula is C59H46Ir2N4-4. The van der Waals surface area contributed by atoms with E-state index in [-0.39, 0.29) is 51.3 Å². The molecule has 0 amide bonds. The fourth-order valence-corrected chi connectivity index (χ4v) is 6.06. The van der Waals surface area contributed by atoms with Gasteiger partial charge in [-0.2, -0.15) is 0 Å². The van der Waals surface area contributed by atoms with Crippen LogP contribution in [0.2, 0.25) is 0 Å². The number of benzene rings is 6. The molecule has 0 bridgehead atoms. The molecule has 0 aliphatic rings. The maximum atomic E-state index is 7.39. The second kappa shape index (κ2) is 26.1. The molecule has 65 heavy (non-hydrogen) atoms. The van der Waals surface area contributed by atoms with Crippen LogP contribution in [0.5, 0.6) is 0 Å². The Morgan fingerprint density at radius 1 is 0.292 bits per heavy atom. The number of nitrogens with zero attached hydrogens (tertiary/aromatic N) is 4. The van der Waals surface area contributed by atoms with Crippen LogP contribution in [0.4, 0.5) is 0 Å². The fourth-order valence-electron chi connectivity index (χ4n) is 6.06. The molecule has 10 aromatic rings. The molecule has 0 atom stereocenters. The van der Waals surface area contributed by atoms with Gasteiger partial charge in [0.2, 0.25) is 0 Å². The first-order valence-electron chi connectivity index (χ1n) is 24.5. The predicted octanol–water partition coefficient (Wildman–Crippen LogP) is 14.4. The van der Waals surface area contributed by atoms with Crippen LogP contribution in [0.25, 0.3) is 67.3 Å². The molecule has 324 valence electrons. The largest absolute Gasteiger partial charge is 0.304 e. The van der Waals surface area contributed by atoms with Crippen molar-refractivity contribution in [3.63, 3.8) is 0 Å². The fraction of sp³-hybridized carbons (Fsp3) is 0.0508. The Morgan fingerprint density at radius 2 is 0.600 bits per heavy atom. The van der Waals surface area contributed by atoms with Gasteiger partial charge in [-0.25, -0.2) is 0 Å². The first-order valence-corrected chi connectivity index (χ1v) is 20.0. The maximum Gasteiger partial charge on any atom is 0.0280 e. The Morgan fingerprint density at radius 3 is 0.892 bits per heavy atom. The standard InChI is InChI=1S/C18H14N.C17H12N.2C12H10N.2Ir/c1-14-7-9-15(10-8-14)17-11-12-18(19-13-17)16-5-3-2-4-6-16;1-3-7-14(8-4-1)16-11-12-17(18-13-16)15-9-5-2-6-10-15;2*1-10-7-8-12(13-9-10)11-5-3-2-4-6-11;;/h2-5,7-13H,1H3;1-9,11-13H;2*2-5,7-9H,1H3;;/q4*-1;;/i1D3;;2*1D3;;. The minimum Gasteiger partial charge on any atom is -0.304 e. The van der Waals surface area contributed by atoms with Crippen molar-refractivity contribution in [3.8, 4) is 67.3 Å².